The minimum absolute atomic E-state index is 0.0323. The molecule has 0 bridgehead atoms. The number of anilines is 2. The van der Waals surface area contributed by atoms with Crippen molar-refractivity contribution in [3.63, 3.8) is 0 Å². The van der Waals surface area contributed by atoms with Crippen LogP contribution in [0.25, 0.3) is 0 Å². The van der Waals surface area contributed by atoms with Crippen LogP contribution in [0.3, 0.4) is 0 Å². The average molecular weight is 442 g/mol. The lowest BCUT2D eigenvalue weighted by atomic mass is 10.1. The molecule has 4 rings (SSSR count). The van der Waals surface area contributed by atoms with Crippen LogP contribution in [0.1, 0.15) is 22.8 Å². The van der Waals surface area contributed by atoms with Crippen LogP contribution >= 0.6 is 0 Å². The third-order valence-corrected chi connectivity index (χ3v) is 5.97. The number of hydrogen-bond donors (Lipinski definition) is 2. The number of carbonyl (C=O) groups excluding carboxylic acids is 1. The molecule has 3 aromatic rings. The smallest absolute Gasteiger partial charge is 0.262 e. The Morgan fingerprint density at radius 1 is 1.06 bits per heavy atom. The summed E-state index contributed by atoms with van der Waals surface area (Å²) in [4.78, 5) is 12.4. The number of ether oxygens (including phenoxy) is 2. The number of aryl methyl sites for hydroxylation is 1. The zero-order valence-electron chi connectivity index (χ0n) is 16.7. The molecule has 3 aromatic carbocycles. The predicted octanol–water partition coefficient (Wildman–Crippen LogP) is 4.69. The molecule has 31 heavy (non-hydrogen) atoms. The van der Waals surface area contributed by atoms with Crippen molar-refractivity contribution >= 4 is 27.3 Å². The lowest BCUT2D eigenvalue weighted by Crippen LogP contribution is -2.15. The molecule has 0 spiro atoms. The third kappa shape index (κ3) is 4.17. The van der Waals surface area contributed by atoms with Crippen molar-refractivity contribution in [2.75, 3.05) is 16.6 Å². The van der Waals surface area contributed by atoms with Crippen LogP contribution in [0.15, 0.2) is 59.5 Å². The molecule has 0 radical (unpaired) electrons. The van der Waals surface area contributed by atoms with Crippen LogP contribution in [-0.4, -0.2) is 20.9 Å². The summed E-state index contributed by atoms with van der Waals surface area (Å²) in [6.07, 6.45) is 0. The van der Waals surface area contributed by atoms with E-state index >= 15 is 0 Å². The number of sulfonamides is 1. The average Bonchev–Trinajstić information content (AvgIpc) is 2.85. The van der Waals surface area contributed by atoms with E-state index in [1.54, 1.807) is 19.1 Å². The van der Waals surface area contributed by atoms with Crippen LogP contribution in [-0.2, 0) is 10.0 Å². The molecule has 9 heteroatoms. The SMILES string of the molecule is CCOc1ccc(S(=O)(=O)Nc2ccc3c(c2)C(=O)Nc2cc(C)ccc2O3)cc1F. The Labute approximate surface area is 178 Å². The van der Waals surface area contributed by atoms with Gasteiger partial charge < -0.3 is 14.8 Å². The highest BCUT2D eigenvalue weighted by molar-refractivity contribution is 7.92. The fraction of sp³-hybridized carbons (Fsp3) is 0.136. The molecule has 0 saturated heterocycles. The fourth-order valence-electron chi connectivity index (χ4n) is 3.13. The quantitative estimate of drug-likeness (QED) is 0.598. The van der Waals surface area contributed by atoms with E-state index in [0.29, 0.717) is 11.4 Å². The van der Waals surface area contributed by atoms with Gasteiger partial charge in [-0.25, -0.2) is 12.8 Å². The summed E-state index contributed by atoms with van der Waals surface area (Å²) < 4.78 is 52.8. The maximum absolute atomic E-state index is 14.1. The zero-order chi connectivity index (χ0) is 22.2. The van der Waals surface area contributed by atoms with E-state index in [0.717, 1.165) is 11.6 Å². The fourth-order valence-corrected chi connectivity index (χ4v) is 4.19. The molecule has 1 heterocycles. The van der Waals surface area contributed by atoms with Gasteiger partial charge >= 0.3 is 0 Å². The molecule has 2 N–H and O–H groups in total. The molecule has 1 aliphatic rings. The van der Waals surface area contributed by atoms with Crippen LogP contribution in [0, 0.1) is 12.7 Å². The van der Waals surface area contributed by atoms with Gasteiger partial charge in [0.1, 0.15) is 5.75 Å². The van der Waals surface area contributed by atoms with E-state index in [1.165, 1.54) is 30.3 Å². The van der Waals surface area contributed by atoms with E-state index < -0.39 is 21.7 Å². The van der Waals surface area contributed by atoms with Crippen molar-refractivity contribution in [2.24, 2.45) is 0 Å². The number of carbonyl (C=O) groups is 1. The van der Waals surface area contributed by atoms with Gasteiger partial charge in [0, 0.05) is 5.69 Å². The monoisotopic (exact) mass is 442 g/mol. The van der Waals surface area contributed by atoms with Crippen molar-refractivity contribution in [1.82, 2.24) is 0 Å². The molecule has 0 atom stereocenters. The highest BCUT2D eigenvalue weighted by Gasteiger charge is 2.23. The number of nitrogens with one attached hydrogen (secondary N) is 2. The summed E-state index contributed by atoms with van der Waals surface area (Å²) in [5, 5.41) is 2.76. The Balaban J connectivity index is 1.63. The molecule has 1 aliphatic heterocycles. The number of amides is 1. The molecular weight excluding hydrogens is 423 g/mol. The molecule has 0 saturated carbocycles. The normalized spacial score (nSPS) is 12.7. The second-order valence-corrected chi connectivity index (χ2v) is 8.58. The first-order chi connectivity index (χ1) is 14.8. The number of fused-ring (bicyclic) bond motifs is 2. The number of benzene rings is 3. The largest absolute Gasteiger partial charge is 0.491 e. The Morgan fingerprint density at radius 2 is 1.84 bits per heavy atom. The van der Waals surface area contributed by atoms with Crippen molar-refractivity contribution in [3.8, 4) is 17.2 Å². The van der Waals surface area contributed by atoms with Crippen LogP contribution in [0.5, 0.6) is 17.2 Å². The summed E-state index contributed by atoms with van der Waals surface area (Å²) in [7, 11) is -4.10. The Hall–Kier alpha value is -3.59. The number of hydrogen-bond acceptors (Lipinski definition) is 5. The van der Waals surface area contributed by atoms with Gasteiger partial charge in [0.25, 0.3) is 15.9 Å². The van der Waals surface area contributed by atoms with Gasteiger partial charge in [-0.1, -0.05) is 6.07 Å². The Kier molecular flexibility index (Phi) is 5.28. The van der Waals surface area contributed by atoms with E-state index in [9.17, 15) is 17.6 Å². The Morgan fingerprint density at radius 3 is 2.58 bits per heavy atom. The molecule has 0 fully saturated rings. The molecular formula is C22H19FN2O5S. The molecule has 1 amide bonds. The van der Waals surface area contributed by atoms with Crippen molar-refractivity contribution in [2.45, 2.75) is 18.7 Å². The van der Waals surface area contributed by atoms with Gasteiger partial charge in [-0.2, -0.15) is 0 Å². The lowest BCUT2D eigenvalue weighted by Gasteiger charge is -2.12. The van der Waals surface area contributed by atoms with Crippen molar-refractivity contribution in [1.29, 1.82) is 0 Å². The standard InChI is InChI=1S/C22H19FN2O5S/c1-3-29-20-9-6-15(12-17(20)23)31(27,28)25-14-5-8-19-16(11-14)22(26)24-18-10-13(2)4-7-21(18)30-19/h4-12,25H,3H2,1-2H3,(H,24,26). The first-order valence-corrected chi connectivity index (χ1v) is 10.9. The van der Waals surface area contributed by atoms with E-state index in [2.05, 4.69) is 10.0 Å². The van der Waals surface area contributed by atoms with Crippen LogP contribution in [0.2, 0.25) is 0 Å². The van der Waals surface area contributed by atoms with Crippen molar-refractivity contribution in [3.05, 3.63) is 71.5 Å². The minimum atomic E-state index is -4.10. The van der Waals surface area contributed by atoms with Crippen LogP contribution < -0.4 is 19.5 Å². The zero-order valence-corrected chi connectivity index (χ0v) is 17.5. The van der Waals surface area contributed by atoms with E-state index in [1.807, 2.05) is 13.0 Å². The third-order valence-electron chi connectivity index (χ3n) is 4.59. The number of rotatable bonds is 5. The summed E-state index contributed by atoms with van der Waals surface area (Å²) in [6.45, 7) is 3.84. The van der Waals surface area contributed by atoms with Gasteiger partial charge in [0.2, 0.25) is 0 Å². The summed E-state index contributed by atoms with van der Waals surface area (Å²) in [6, 6.07) is 13.1. The second-order valence-electron chi connectivity index (χ2n) is 6.90. The lowest BCUT2D eigenvalue weighted by molar-refractivity contribution is 0.102. The van der Waals surface area contributed by atoms with Gasteiger partial charge in [-0.05, 0) is 67.9 Å². The molecule has 0 aromatic heterocycles. The molecule has 0 aliphatic carbocycles. The van der Waals surface area contributed by atoms with Gasteiger partial charge in [-0.3, -0.25) is 9.52 Å². The van der Waals surface area contributed by atoms with Gasteiger partial charge in [0.05, 0.1) is 22.8 Å². The first-order valence-electron chi connectivity index (χ1n) is 9.46. The summed E-state index contributed by atoms with van der Waals surface area (Å²) in [5.41, 5.74) is 1.76. The Bertz CT molecular complexity index is 1290. The summed E-state index contributed by atoms with van der Waals surface area (Å²) in [5.74, 6) is -0.485. The second kappa shape index (κ2) is 7.92. The minimum Gasteiger partial charge on any atom is -0.491 e. The highest BCUT2D eigenvalue weighted by Crippen LogP contribution is 2.37. The molecule has 0 unspecified atom stereocenters. The predicted molar refractivity (Wildman–Crippen MR) is 114 cm³/mol. The highest BCUT2D eigenvalue weighted by atomic mass is 32.2. The molecule has 160 valence electrons. The maximum Gasteiger partial charge on any atom is 0.262 e. The summed E-state index contributed by atoms with van der Waals surface area (Å²) >= 11 is 0. The van der Waals surface area contributed by atoms with Gasteiger partial charge in [0.15, 0.2) is 17.3 Å². The van der Waals surface area contributed by atoms with Crippen molar-refractivity contribution < 1.29 is 27.1 Å². The van der Waals surface area contributed by atoms with E-state index in [-0.39, 0.29) is 34.3 Å². The first kappa shape index (κ1) is 20.7. The maximum atomic E-state index is 14.1. The topological polar surface area (TPSA) is 93.7 Å². The van der Waals surface area contributed by atoms with Gasteiger partial charge in [-0.15, -0.1) is 0 Å². The molecule has 7 nitrogen and oxygen atoms in total. The van der Waals surface area contributed by atoms with Crippen LogP contribution in [0.4, 0.5) is 15.8 Å². The van der Waals surface area contributed by atoms with E-state index in [4.69, 9.17) is 9.47 Å². The number of halogens is 1.